The summed E-state index contributed by atoms with van der Waals surface area (Å²) >= 11 is 0. The van der Waals surface area contributed by atoms with Gasteiger partial charge in [0, 0.05) is 6.42 Å². The molecule has 0 heterocycles. The molecule has 19 heavy (non-hydrogen) atoms. The van der Waals surface area contributed by atoms with Gasteiger partial charge in [-0.3, -0.25) is 4.79 Å². The predicted octanol–water partition coefficient (Wildman–Crippen LogP) is 1.20. The van der Waals surface area contributed by atoms with E-state index in [1.165, 1.54) is 0 Å². The number of carbonyl (C=O) groups is 1. The van der Waals surface area contributed by atoms with Crippen LogP contribution in [0.15, 0.2) is 24.3 Å². The number of ether oxygens (including phenoxy) is 2. The van der Waals surface area contributed by atoms with Crippen molar-refractivity contribution in [2.24, 2.45) is 11.5 Å². The summed E-state index contributed by atoms with van der Waals surface area (Å²) in [6, 6.07) is 7.36. The van der Waals surface area contributed by atoms with Crippen molar-refractivity contribution in [2.75, 3.05) is 7.11 Å². The van der Waals surface area contributed by atoms with Crippen LogP contribution in [0.2, 0.25) is 0 Å². The molecule has 1 aliphatic carbocycles. The Morgan fingerprint density at radius 2 is 1.95 bits per heavy atom. The highest BCUT2D eigenvalue weighted by atomic mass is 16.5. The molecule has 1 amide bonds. The van der Waals surface area contributed by atoms with Crippen molar-refractivity contribution in [1.29, 1.82) is 0 Å². The van der Waals surface area contributed by atoms with E-state index in [9.17, 15) is 4.79 Å². The smallest absolute Gasteiger partial charge is 0.237 e. The molecule has 5 heteroatoms. The van der Waals surface area contributed by atoms with Gasteiger partial charge in [0.05, 0.1) is 12.6 Å². The normalized spacial score (nSPS) is 26.7. The first-order valence-electron chi connectivity index (χ1n) is 6.43. The molecule has 1 aliphatic rings. The van der Waals surface area contributed by atoms with Gasteiger partial charge in [-0.05, 0) is 43.5 Å². The number of methoxy groups -OCH3 is 1. The minimum absolute atomic E-state index is 0.0698. The van der Waals surface area contributed by atoms with E-state index in [-0.39, 0.29) is 6.10 Å². The lowest BCUT2D eigenvalue weighted by atomic mass is 9.80. The second-order valence-electron chi connectivity index (χ2n) is 5.03. The maximum atomic E-state index is 11.4. The Morgan fingerprint density at radius 1 is 1.32 bits per heavy atom. The topological polar surface area (TPSA) is 87.6 Å². The number of benzene rings is 1. The summed E-state index contributed by atoms with van der Waals surface area (Å²) in [6.45, 7) is 0. The fourth-order valence-electron chi connectivity index (χ4n) is 2.43. The summed E-state index contributed by atoms with van der Waals surface area (Å²) in [6.07, 6.45) is 2.76. The van der Waals surface area contributed by atoms with E-state index in [0.29, 0.717) is 12.8 Å². The van der Waals surface area contributed by atoms with Crippen LogP contribution in [0.4, 0.5) is 0 Å². The number of hydrogen-bond acceptors (Lipinski definition) is 4. The van der Waals surface area contributed by atoms with Gasteiger partial charge in [0.25, 0.3) is 0 Å². The van der Waals surface area contributed by atoms with Crippen LogP contribution >= 0.6 is 0 Å². The van der Waals surface area contributed by atoms with Gasteiger partial charge in [0.1, 0.15) is 17.6 Å². The Kier molecular flexibility index (Phi) is 3.95. The van der Waals surface area contributed by atoms with Crippen molar-refractivity contribution in [3.8, 4) is 11.5 Å². The first kappa shape index (κ1) is 13.7. The molecule has 4 N–H and O–H groups in total. The van der Waals surface area contributed by atoms with E-state index in [2.05, 4.69) is 0 Å². The van der Waals surface area contributed by atoms with Crippen LogP contribution in [-0.2, 0) is 4.79 Å². The molecule has 0 aliphatic heterocycles. The zero-order chi connectivity index (χ0) is 13.9. The van der Waals surface area contributed by atoms with Crippen molar-refractivity contribution in [3.63, 3.8) is 0 Å². The van der Waals surface area contributed by atoms with E-state index < -0.39 is 11.4 Å². The van der Waals surface area contributed by atoms with Gasteiger partial charge in [-0.15, -0.1) is 0 Å². The van der Waals surface area contributed by atoms with Crippen molar-refractivity contribution in [3.05, 3.63) is 24.3 Å². The molecule has 0 spiro atoms. The van der Waals surface area contributed by atoms with Gasteiger partial charge in [-0.2, -0.15) is 0 Å². The average Bonchev–Trinajstić information content (AvgIpc) is 2.39. The molecule has 0 radical (unpaired) electrons. The molecule has 2 atom stereocenters. The average molecular weight is 264 g/mol. The standard InChI is InChI=1S/C14H20N2O3/c1-18-10-4-6-11(7-5-10)19-12-3-2-8-14(16,9-12)13(15)17/h4-7,12H,2-3,8-9,16H2,1H3,(H2,15,17). The van der Waals surface area contributed by atoms with Crippen LogP contribution in [0, 0.1) is 0 Å². The van der Waals surface area contributed by atoms with Crippen molar-refractivity contribution in [1.82, 2.24) is 0 Å². The lowest BCUT2D eigenvalue weighted by molar-refractivity contribution is -0.125. The largest absolute Gasteiger partial charge is 0.497 e. The summed E-state index contributed by atoms with van der Waals surface area (Å²) in [7, 11) is 1.62. The van der Waals surface area contributed by atoms with Crippen molar-refractivity contribution in [2.45, 2.75) is 37.3 Å². The summed E-state index contributed by atoms with van der Waals surface area (Å²) in [5, 5.41) is 0. The van der Waals surface area contributed by atoms with Crippen LogP contribution in [0.3, 0.4) is 0 Å². The Morgan fingerprint density at radius 3 is 2.53 bits per heavy atom. The van der Waals surface area contributed by atoms with Crippen molar-refractivity contribution < 1.29 is 14.3 Å². The van der Waals surface area contributed by atoms with Crippen LogP contribution in [-0.4, -0.2) is 24.7 Å². The van der Waals surface area contributed by atoms with Crippen LogP contribution in [0.5, 0.6) is 11.5 Å². The highest BCUT2D eigenvalue weighted by Crippen LogP contribution is 2.29. The lowest BCUT2D eigenvalue weighted by Gasteiger charge is -2.35. The van der Waals surface area contributed by atoms with Gasteiger partial charge in [-0.25, -0.2) is 0 Å². The molecule has 0 saturated heterocycles. The molecule has 1 fully saturated rings. The van der Waals surface area contributed by atoms with Gasteiger partial charge < -0.3 is 20.9 Å². The third-order valence-electron chi connectivity index (χ3n) is 3.59. The maximum absolute atomic E-state index is 11.4. The SMILES string of the molecule is COc1ccc(OC2CCCC(N)(C(N)=O)C2)cc1. The lowest BCUT2D eigenvalue weighted by Crippen LogP contribution is -2.56. The quantitative estimate of drug-likeness (QED) is 0.855. The van der Waals surface area contributed by atoms with Crippen LogP contribution in [0.1, 0.15) is 25.7 Å². The Labute approximate surface area is 112 Å². The van der Waals surface area contributed by atoms with Gasteiger partial charge >= 0.3 is 0 Å². The number of hydrogen-bond donors (Lipinski definition) is 2. The Balaban J connectivity index is 2.00. The first-order valence-corrected chi connectivity index (χ1v) is 6.43. The Hall–Kier alpha value is -1.75. The van der Waals surface area contributed by atoms with Gasteiger partial charge in [0.2, 0.25) is 5.91 Å². The maximum Gasteiger partial charge on any atom is 0.237 e. The Bertz CT molecular complexity index is 447. The minimum atomic E-state index is -0.935. The number of amides is 1. The monoisotopic (exact) mass is 264 g/mol. The zero-order valence-corrected chi connectivity index (χ0v) is 11.1. The van der Waals surface area contributed by atoms with E-state index in [4.69, 9.17) is 20.9 Å². The zero-order valence-electron chi connectivity index (χ0n) is 11.1. The van der Waals surface area contributed by atoms with E-state index in [1.54, 1.807) is 7.11 Å². The molecule has 0 bridgehead atoms. The van der Waals surface area contributed by atoms with Crippen LogP contribution < -0.4 is 20.9 Å². The molecule has 1 saturated carbocycles. The fraction of sp³-hybridized carbons (Fsp3) is 0.500. The molecular weight excluding hydrogens is 244 g/mol. The molecule has 1 aromatic rings. The second kappa shape index (κ2) is 5.48. The summed E-state index contributed by atoms with van der Waals surface area (Å²) in [4.78, 5) is 11.4. The van der Waals surface area contributed by atoms with Gasteiger partial charge in [0.15, 0.2) is 0 Å². The third kappa shape index (κ3) is 3.17. The number of primary amides is 1. The molecule has 1 aromatic carbocycles. The van der Waals surface area contributed by atoms with E-state index in [0.717, 1.165) is 24.3 Å². The van der Waals surface area contributed by atoms with Crippen LogP contribution in [0.25, 0.3) is 0 Å². The van der Waals surface area contributed by atoms with Crippen molar-refractivity contribution >= 4 is 5.91 Å². The first-order chi connectivity index (χ1) is 9.03. The molecule has 2 unspecified atom stereocenters. The molecule has 104 valence electrons. The summed E-state index contributed by atoms with van der Waals surface area (Å²) in [5.41, 5.74) is 10.4. The van der Waals surface area contributed by atoms with E-state index in [1.807, 2.05) is 24.3 Å². The third-order valence-corrected chi connectivity index (χ3v) is 3.59. The molecule has 0 aromatic heterocycles. The fourth-order valence-corrected chi connectivity index (χ4v) is 2.43. The molecule has 5 nitrogen and oxygen atoms in total. The minimum Gasteiger partial charge on any atom is -0.497 e. The van der Waals surface area contributed by atoms with Gasteiger partial charge in [-0.1, -0.05) is 0 Å². The predicted molar refractivity (Wildman–Crippen MR) is 72.0 cm³/mol. The van der Waals surface area contributed by atoms with E-state index >= 15 is 0 Å². The summed E-state index contributed by atoms with van der Waals surface area (Å²) in [5.74, 6) is 1.08. The number of rotatable bonds is 4. The summed E-state index contributed by atoms with van der Waals surface area (Å²) < 4.78 is 10.9. The highest BCUT2D eigenvalue weighted by molar-refractivity contribution is 5.84. The molecule has 2 rings (SSSR count). The molecular formula is C14H20N2O3. The highest BCUT2D eigenvalue weighted by Gasteiger charge is 2.38. The number of nitrogens with two attached hydrogens (primary N) is 2. The number of carbonyl (C=O) groups excluding carboxylic acids is 1. The second-order valence-corrected chi connectivity index (χ2v) is 5.03.